The first kappa shape index (κ1) is 16.5. The van der Waals surface area contributed by atoms with Crippen LogP contribution in [0.3, 0.4) is 0 Å². The van der Waals surface area contributed by atoms with E-state index in [-0.39, 0.29) is 16.1 Å². The molecule has 5 heteroatoms. The lowest BCUT2D eigenvalue weighted by atomic mass is 10.0. The highest BCUT2D eigenvalue weighted by Gasteiger charge is 2.14. The van der Waals surface area contributed by atoms with Gasteiger partial charge < -0.3 is 5.53 Å². The lowest BCUT2D eigenvalue weighted by molar-refractivity contribution is -0.0678. The van der Waals surface area contributed by atoms with Crippen LogP contribution in [0.5, 0.6) is 0 Å². The zero-order valence-electron chi connectivity index (χ0n) is 14.3. The van der Waals surface area contributed by atoms with Crippen LogP contribution in [0, 0.1) is 0 Å². The summed E-state index contributed by atoms with van der Waals surface area (Å²) in [6.45, 7) is 0. The van der Waals surface area contributed by atoms with Crippen LogP contribution in [0.25, 0.3) is 16.3 Å². The fraction of sp³-hybridized carbons (Fsp3) is 0. The summed E-state index contributed by atoms with van der Waals surface area (Å²) in [6.07, 6.45) is 0. The molecular formula is C22H14N4O. The van der Waals surface area contributed by atoms with E-state index in [0.717, 1.165) is 11.1 Å². The summed E-state index contributed by atoms with van der Waals surface area (Å²) in [7, 11) is 0. The second-order valence-corrected chi connectivity index (χ2v) is 5.95. The van der Waals surface area contributed by atoms with Crippen LogP contribution in [-0.2, 0) is 0 Å². The number of fused-ring (bicyclic) bond motifs is 1. The highest BCUT2D eigenvalue weighted by Crippen LogP contribution is 2.11. The van der Waals surface area contributed by atoms with Crippen LogP contribution < -0.4 is 16.1 Å². The number of hydrogen-bond donors (Lipinski definition) is 0. The Morgan fingerprint density at radius 2 is 1.26 bits per heavy atom. The van der Waals surface area contributed by atoms with E-state index in [1.54, 1.807) is 24.3 Å². The van der Waals surface area contributed by atoms with Crippen LogP contribution in [0.1, 0.15) is 11.1 Å². The fourth-order valence-corrected chi connectivity index (χ4v) is 3.02. The molecule has 0 spiro atoms. The smallest absolute Gasteiger partial charge is 0.361 e. The molecule has 128 valence electrons. The van der Waals surface area contributed by atoms with Gasteiger partial charge in [0.2, 0.25) is 0 Å². The van der Waals surface area contributed by atoms with Gasteiger partial charge in [-0.3, -0.25) is 4.79 Å². The van der Waals surface area contributed by atoms with Gasteiger partial charge in [-0.25, -0.2) is 0 Å². The maximum Gasteiger partial charge on any atom is 0.390 e. The summed E-state index contributed by atoms with van der Waals surface area (Å²) in [5.74, 6) is 0. The van der Waals surface area contributed by atoms with Crippen molar-refractivity contribution in [1.29, 1.82) is 0 Å². The van der Waals surface area contributed by atoms with Gasteiger partial charge in [0, 0.05) is 21.9 Å². The zero-order chi connectivity index (χ0) is 18.6. The number of rotatable bonds is 3. The minimum Gasteiger partial charge on any atom is -0.361 e. The number of nitrogens with zero attached hydrogens (tertiary/aromatic N) is 4. The van der Waals surface area contributed by atoms with Gasteiger partial charge in [-0.15, -0.1) is 10.2 Å². The Bertz CT molecular complexity index is 1280. The molecule has 0 heterocycles. The first-order valence-electron chi connectivity index (χ1n) is 8.42. The third-order valence-electron chi connectivity index (χ3n) is 4.31. The molecule has 0 saturated carbocycles. The molecule has 0 fully saturated rings. The third-order valence-corrected chi connectivity index (χ3v) is 4.31. The van der Waals surface area contributed by atoms with Crippen LogP contribution in [0.15, 0.2) is 99.9 Å². The lowest BCUT2D eigenvalue weighted by Gasteiger charge is -2.04. The number of hydrogen-bond acceptors (Lipinski definition) is 3. The van der Waals surface area contributed by atoms with Crippen LogP contribution in [-0.4, -0.2) is 10.5 Å². The van der Waals surface area contributed by atoms with E-state index in [9.17, 15) is 10.3 Å². The van der Waals surface area contributed by atoms with E-state index < -0.39 is 0 Å². The van der Waals surface area contributed by atoms with Crippen molar-refractivity contribution in [2.45, 2.75) is 0 Å². The standard InChI is InChI=1S/C22H14N4O/c23-24-21-20(17-13-7-8-14-18(17)22(21)27)26-25-19(15-9-3-1-4-10-15)16-11-5-2-6-12-16/h1-14H/b26-20-. The molecule has 0 aliphatic carbocycles. The second-order valence-electron chi connectivity index (χ2n) is 5.95. The average Bonchev–Trinajstić information content (AvgIpc) is 3.01. The summed E-state index contributed by atoms with van der Waals surface area (Å²) in [6, 6.07) is 26.4. The number of benzene rings is 3. The van der Waals surface area contributed by atoms with Crippen molar-refractivity contribution in [3.63, 3.8) is 0 Å². The Morgan fingerprint density at radius 3 is 1.81 bits per heavy atom. The van der Waals surface area contributed by atoms with E-state index in [2.05, 4.69) is 15.0 Å². The predicted molar refractivity (Wildman–Crippen MR) is 103 cm³/mol. The molecule has 4 rings (SSSR count). The molecule has 0 N–H and O–H groups in total. The van der Waals surface area contributed by atoms with Crippen molar-refractivity contribution < 1.29 is 4.79 Å². The molecular weight excluding hydrogens is 336 g/mol. The molecule has 0 amide bonds. The minimum atomic E-state index is -0.358. The van der Waals surface area contributed by atoms with E-state index in [4.69, 9.17) is 0 Å². The Labute approximate surface area is 154 Å². The minimum absolute atomic E-state index is 0.0968. The summed E-state index contributed by atoms with van der Waals surface area (Å²) < 4.78 is 0. The molecule has 0 bridgehead atoms. The fourth-order valence-electron chi connectivity index (χ4n) is 3.02. The van der Waals surface area contributed by atoms with Gasteiger partial charge in [0.25, 0.3) is 5.43 Å². The van der Waals surface area contributed by atoms with E-state index >= 15 is 0 Å². The maximum absolute atomic E-state index is 12.4. The first-order valence-corrected chi connectivity index (χ1v) is 8.42. The summed E-state index contributed by atoms with van der Waals surface area (Å²) in [5.41, 5.74) is 11.4. The molecule has 0 atom stereocenters. The third kappa shape index (κ3) is 3.03. The topological polar surface area (TPSA) is 78.2 Å². The molecule has 0 unspecified atom stereocenters. The molecule has 0 aliphatic rings. The molecule has 0 saturated heterocycles. The van der Waals surface area contributed by atoms with Gasteiger partial charge in [0.1, 0.15) is 5.71 Å². The SMILES string of the molecule is [N-]=[N+]=c1c(=O)c2ccccc2/c1=N/N=C(c1ccccc1)c1ccccc1. The Balaban J connectivity index is 2.03. The van der Waals surface area contributed by atoms with Crippen LogP contribution in [0.4, 0.5) is 0 Å². The average molecular weight is 350 g/mol. The summed E-state index contributed by atoms with van der Waals surface area (Å²) in [5, 5.41) is 9.99. The van der Waals surface area contributed by atoms with Crippen molar-refractivity contribution in [2.75, 3.05) is 0 Å². The van der Waals surface area contributed by atoms with Gasteiger partial charge in [0.05, 0.1) is 0 Å². The van der Waals surface area contributed by atoms with Gasteiger partial charge in [-0.1, -0.05) is 84.9 Å². The van der Waals surface area contributed by atoms with E-state index in [1.165, 1.54) is 0 Å². The highest BCUT2D eigenvalue weighted by molar-refractivity contribution is 6.12. The van der Waals surface area contributed by atoms with E-state index in [0.29, 0.717) is 16.5 Å². The Hall–Kier alpha value is -3.95. The summed E-state index contributed by atoms with van der Waals surface area (Å²) in [4.78, 5) is 15.6. The van der Waals surface area contributed by atoms with Crippen molar-refractivity contribution in [3.8, 4) is 0 Å². The molecule has 0 radical (unpaired) electrons. The van der Waals surface area contributed by atoms with Gasteiger partial charge in [0.15, 0.2) is 5.36 Å². The largest absolute Gasteiger partial charge is 0.390 e. The normalized spacial score (nSPS) is 11.3. The van der Waals surface area contributed by atoms with Gasteiger partial charge in [-0.2, -0.15) is 4.79 Å². The molecule has 0 aliphatic heterocycles. The van der Waals surface area contributed by atoms with Crippen molar-refractivity contribution in [1.82, 2.24) is 0 Å². The first-order chi connectivity index (χ1) is 13.3. The molecule has 5 nitrogen and oxygen atoms in total. The lowest BCUT2D eigenvalue weighted by Crippen LogP contribution is -2.33. The van der Waals surface area contributed by atoms with Crippen molar-refractivity contribution in [2.24, 2.45) is 10.2 Å². The van der Waals surface area contributed by atoms with Crippen molar-refractivity contribution >= 4 is 16.5 Å². The molecule has 27 heavy (non-hydrogen) atoms. The van der Waals surface area contributed by atoms with E-state index in [1.807, 2.05) is 60.7 Å². The van der Waals surface area contributed by atoms with Gasteiger partial charge in [-0.05, 0) is 0 Å². The van der Waals surface area contributed by atoms with Gasteiger partial charge >= 0.3 is 5.36 Å². The van der Waals surface area contributed by atoms with Crippen LogP contribution >= 0.6 is 0 Å². The monoisotopic (exact) mass is 350 g/mol. The Morgan fingerprint density at radius 1 is 0.741 bits per heavy atom. The van der Waals surface area contributed by atoms with Crippen LogP contribution in [0.2, 0.25) is 0 Å². The summed E-state index contributed by atoms with van der Waals surface area (Å²) >= 11 is 0. The second kappa shape index (κ2) is 7.12. The highest BCUT2D eigenvalue weighted by atomic mass is 16.1. The predicted octanol–water partition coefficient (Wildman–Crippen LogP) is 2.56. The Kier molecular flexibility index (Phi) is 4.35. The maximum atomic E-state index is 12.4. The molecule has 0 aromatic heterocycles. The van der Waals surface area contributed by atoms with Crippen molar-refractivity contribution in [3.05, 3.63) is 123 Å². The quantitative estimate of drug-likeness (QED) is 0.242. The molecule has 4 aromatic rings. The zero-order valence-corrected chi connectivity index (χ0v) is 14.3. The molecule has 4 aromatic carbocycles.